The van der Waals surface area contributed by atoms with Crippen LogP contribution in [0.4, 0.5) is 0 Å². The van der Waals surface area contributed by atoms with Crippen molar-refractivity contribution in [3.05, 3.63) is 34.9 Å². The molecule has 0 spiro atoms. The molecule has 0 aromatic heterocycles. The summed E-state index contributed by atoms with van der Waals surface area (Å²) in [5.41, 5.74) is 4.16. The lowest BCUT2D eigenvalue weighted by Crippen LogP contribution is -2.39. The first-order valence-electron chi connectivity index (χ1n) is 6.48. The maximum atomic E-state index is 6.26. The molecule has 0 N–H and O–H groups in total. The standard InChI is InChI=1S/C15H22ClN/c1-11-6-12(2)8-14(7-11)10-17-5-4-15(16)13(3)9-17/h6-8,13,15H,4-5,9-10H2,1-3H3. The quantitative estimate of drug-likeness (QED) is 0.724. The van der Waals surface area contributed by atoms with Crippen LogP contribution in [-0.2, 0) is 6.54 Å². The molecule has 2 heteroatoms. The number of benzene rings is 1. The molecule has 1 aromatic rings. The van der Waals surface area contributed by atoms with Crippen molar-refractivity contribution in [1.29, 1.82) is 0 Å². The van der Waals surface area contributed by atoms with Gasteiger partial charge < -0.3 is 0 Å². The Labute approximate surface area is 110 Å². The summed E-state index contributed by atoms with van der Waals surface area (Å²) in [5, 5.41) is 0.366. The molecule has 2 rings (SSSR count). The highest BCUT2D eigenvalue weighted by Crippen LogP contribution is 2.23. The molecule has 0 radical (unpaired) electrons. The average Bonchev–Trinajstić information content (AvgIpc) is 2.22. The number of hydrogen-bond acceptors (Lipinski definition) is 1. The van der Waals surface area contributed by atoms with Gasteiger partial charge in [-0.1, -0.05) is 36.2 Å². The van der Waals surface area contributed by atoms with E-state index >= 15 is 0 Å². The minimum atomic E-state index is 0.366. The van der Waals surface area contributed by atoms with Gasteiger partial charge >= 0.3 is 0 Å². The van der Waals surface area contributed by atoms with E-state index in [0.29, 0.717) is 11.3 Å². The zero-order chi connectivity index (χ0) is 12.4. The van der Waals surface area contributed by atoms with Crippen molar-refractivity contribution in [2.24, 2.45) is 5.92 Å². The summed E-state index contributed by atoms with van der Waals surface area (Å²) >= 11 is 6.26. The number of rotatable bonds is 2. The molecule has 1 aliphatic heterocycles. The largest absolute Gasteiger partial charge is 0.299 e. The molecule has 1 saturated heterocycles. The van der Waals surface area contributed by atoms with E-state index < -0.39 is 0 Å². The summed E-state index contributed by atoms with van der Waals surface area (Å²) in [6.07, 6.45) is 1.12. The molecule has 2 unspecified atom stereocenters. The first kappa shape index (κ1) is 12.9. The van der Waals surface area contributed by atoms with Crippen molar-refractivity contribution in [2.75, 3.05) is 13.1 Å². The Bertz CT molecular complexity index is 368. The van der Waals surface area contributed by atoms with Gasteiger partial charge in [-0.3, -0.25) is 4.90 Å². The predicted octanol–water partition coefficient (Wildman–Crippen LogP) is 3.75. The Morgan fingerprint density at radius 2 is 1.88 bits per heavy atom. The SMILES string of the molecule is Cc1cc(C)cc(CN2CCC(Cl)C(C)C2)c1. The highest BCUT2D eigenvalue weighted by Gasteiger charge is 2.24. The second-order valence-electron chi connectivity index (χ2n) is 5.51. The van der Waals surface area contributed by atoms with E-state index in [9.17, 15) is 0 Å². The van der Waals surface area contributed by atoms with Crippen molar-refractivity contribution in [1.82, 2.24) is 4.90 Å². The first-order chi connectivity index (χ1) is 8.04. The lowest BCUT2D eigenvalue weighted by atomic mass is 9.98. The Kier molecular flexibility index (Phi) is 4.11. The van der Waals surface area contributed by atoms with Crippen LogP contribution in [0.3, 0.4) is 0 Å². The maximum absolute atomic E-state index is 6.26. The Morgan fingerprint density at radius 3 is 2.47 bits per heavy atom. The molecule has 0 amide bonds. The van der Waals surface area contributed by atoms with Crippen molar-refractivity contribution in [3.63, 3.8) is 0 Å². The number of likely N-dealkylation sites (tertiary alicyclic amines) is 1. The lowest BCUT2D eigenvalue weighted by molar-refractivity contribution is 0.180. The predicted molar refractivity (Wildman–Crippen MR) is 74.6 cm³/mol. The third kappa shape index (κ3) is 3.46. The summed E-state index contributed by atoms with van der Waals surface area (Å²) in [6, 6.07) is 6.83. The molecule has 1 aliphatic rings. The van der Waals surface area contributed by atoms with E-state index in [2.05, 4.69) is 43.9 Å². The fraction of sp³-hybridized carbons (Fsp3) is 0.600. The fourth-order valence-electron chi connectivity index (χ4n) is 2.77. The van der Waals surface area contributed by atoms with Crippen molar-refractivity contribution in [2.45, 2.75) is 39.1 Å². The minimum absolute atomic E-state index is 0.366. The molecule has 1 aromatic carbocycles. The van der Waals surface area contributed by atoms with E-state index in [1.807, 2.05) is 0 Å². The monoisotopic (exact) mass is 251 g/mol. The number of piperidine rings is 1. The van der Waals surface area contributed by atoms with Crippen LogP contribution in [0.2, 0.25) is 0 Å². The number of alkyl halides is 1. The van der Waals surface area contributed by atoms with Crippen molar-refractivity contribution >= 4 is 11.6 Å². The molecule has 0 aliphatic carbocycles. The smallest absolute Gasteiger partial charge is 0.0386 e. The van der Waals surface area contributed by atoms with E-state index in [-0.39, 0.29) is 0 Å². The van der Waals surface area contributed by atoms with Crippen LogP contribution in [0, 0.1) is 19.8 Å². The van der Waals surface area contributed by atoms with E-state index in [1.54, 1.807) is 0 Å². The number of nitrogens with zero attached hydrogens (tertiary/aromatic N) is 1. The molecule has 94 valence electrons. The summed E-state index contributed by atoms with van der Waals surface area (Å²) in [4.78, 5) is 2.53. The van der Waals surface area contributed by atoms with Crippen LogP contribution in [0.15, 0.2) is 18.2 Å². The van der Waals surface area contributed by atoms with Gasteiger partial charge in [0.1, 0.15) is 0 Å². The molecule has 17 heavy (non-hydrogen) atoms. The highest BCUT2D eigenvalue weighted by atomic mass is 35.5. The minimum Gasteiger partial charge on any atom is -0.299 e. The van der Waals surface area contributed by atoms with Gasteiger partial charge in [0.25, 0.3) is 0 Å². The van der Waals surface area contributed by atoms with Crippen LogP contribution in [0.1, 0.15) is 30.0 Å². The van der Waals surface area contributed by atoms with Gasteiger partial charge in [0, 0.05) is 18.5 Å². The van der Waals surface area contributed by atoms with Crippen molar-refractivity contribution < 1.29 is 0 Å². The van der Waals surface area contributed by atoms with Gasteiger partial charge in [-0.05, 0) is 38.3 Å². The Morgan fingerprint density at radius 1 is 1.24 bits per heavy atom. The maximum Gasteiger partial charge on any atom is 0.0386 e. The van der Waals surface area contributed by atoms with Gasteiger partial charge in [0.15, 0.2) is 0 Å². The normalized spacial score (nSPS) is 26.1. The molecular formula is C15H22ClN. The third-order valence-corrected chi connectivity index (χ3v) is 4.22. The zero-order valence-corrected chi connectivity index (χ0v) is 11.8. The average molecular weight is 252 g/mol. The number of hydrogen-bond donors (Lipinski definition) is 0. The summed E-state index contributed by atoms with van der Waals surface area (Å²) in [7, 11) is 0. The Hall–Kier alpha value is -0.530. The fourth-order valence-corrected chi connectivity index (χ4v) is 2.94. The van der Waals surface area contributed by atoms with Gasteiger partial charge in [-0.25, -0.2) is 0 Å². The number of aryl methyl sites for hydroxylation is 2. The topological polar surface area (TPSA) is 3.24 Å². The molecule has 1 nitrogen and oxygen atoms in total. The molecule has 0 saturated carbocycles. The molecule has 1 fully saturated rings. The van der Waals surface area contributed by atoms with Crippen LogP contribution in [-0.4, -0.2) is 23.4 Å². The summed E-state index contributed by atoms with van der Waals surface area (Å²) < 4.78 is 0. The lowest BCUT2D eigenvalue weighted by Gasteiger charge is -2.34. The van der Waals surface area contributed by atoms with Crippen molar-refractivity contribution in [3.8, 4) is 0 Å². The van der Waals surface area contributed by atoms with Gasteiger partial charge in [0.05, 0.1) is 0 Å². The second-order valence-corrected chi connectivity index (χ2v) is 6.07. The summed E-state index contributed by atoms with van der Waals surface area (Å²) in [6.45, 7) is 9.92. The Balaban J connectivity index is 2.01. The van der Waals surface area contributed by atoms with Crippen LogP contribution < -0.4 is 0 Å². The summed E-state index contributed by atoms with van der Waals surface area (Å²) in [5.74, 6) is 0.608. The van der Waals surface area contributed by atoms with Gasteiger partial charge in [-0.2, -0.15) is 0 Å². The van der Waals surface area contributed by atoms with E-state index in [4.69, 9.17) is 11.6 Å². The molecular weight excluding hydrogens is 230 g/mol. The molecule has 0 bridgehead atoms. The zero-order valence-electron chi connectivity index (χ0n) is 11.0. The van der Waals surface area contributed by atoms with Crippen LogP contribution >= 0.6 is 11.6 Å². The van der Waals surface area contributed by atoms with Gasteiger partial charge in [0.2, 0.25) is 0 Å². The number of halogens is 1. The van der Waals surface area contributed by atoms with Gasteiger partial charge in [-0.15, -0.1) is 11.6 Å². The first-order valence-corrected chi connectivity index (χ1v) is 6.92. The van der Waals surface area contributed by atoms with Crippen LogP contribution in [0.25, 0.3) is 0 Å². The van der Waals surface area contributed by atoms with E-state index in [0.717, 1.165) is 26.1 Å². The second kappa shape index (κ2) is 5.41. The molecule has 1 heterocycles. The van der Waals surface area contributed by atoms with Crippen LogP contribution in [0.5, 0.6) is 0 Å². The highest BCUT2D eigenvalue weighted by molar-refractivity contribution is 6.20. The third-order valence-electron chi connectivity index (χ3n) is 3.57. The molecule has 2 atom stereocenters. The van der Waals surface area contributed by atoms with E-state index in [1.165, 1.54) is 16.7 Å².